The molecule has 22 heavy (non-hydrogen) atoms. The average molecular weight is 300 g/mol. The first-order chi connectivity index (χ1) is 10.5. The maximum atomic E-state index is 12.3. The van der Waals surface area contributed by atoms with E-state index in [0.29, 0.717) is 27.8 Å². The van der Waals surface area contributed by atoms with Crippen molar-refractivity contribution in [2.75, 3.05) is 0 Å². The summed E-state index contributed by atoms with van der Waals surface area (Å²) in [5.41, 5.74) is 2.31. The molecule has 3 N–H and O–H groups in total. The summed E-state index contributed by atoms with van der Waals surface area (Å²) >= 11 is 0. The number of carboxylic acid groups (broad SMARTS) is 2. The monoisotopic (exact) mass is 300 g/mol. The molecular weight excluding hydrogens is 288 g/mol. The maximum absolute atomic E-state index is 12.3. The number of rotatable bonds is 1. The van der Waals surface area contributed by atoms with Crippen molar-refractivity contribution in [3.05, 3.63) is 70.3 Å². The summed E-state index contributed by atoms with van der Waals surface area (Å²) in [6, 6.07) is 11.7. The van der Waals surface area contributed by atoms with Gasteiger partial charge in [-0.15, -0.1) is 0 Å². The normalized spacial score (nSPS) is 11.9. The molecule has 0 atom stereocenters. The van der Waals surface area contributed by atoms with Crippen molar-refractivity contribution in [3.63, 3.8) is 0 Å². The molecule has 2 aromatic rings. The van der Waals surface area contributed by atoms with Crippen molar-refractivity contribution in [1.82, 2.24) is 0 Å². The van der Waals surface area contributed by atoms with Crippen LogP contribution in [-0.2, 0) is 6.61 Å². The molecule has 6 heteroatoms. The summed E-state index contributed by atoms with van der Waals surface area (Å²) in [6.45, 7) is -0.142. The molecular formula is C16H12O6. The Morgan fingerprint density at radius 3 is 1.77 bits per heavy atom. The molecule has 112 valence electrons. The van der Waals surface area contributed by atoms with Crippen LogP contribution in [0.15, 0.2) is 42.5 Å². The predicted molar refractivity (Wildman–Crippen MR) is 76.3 cm³/mol. The third-order valence-electron chi connectivity index (χ3n) is 3.17. The van der Waals surface area contributed by atoms with Crippen molar-refractivity contribution in [2.45, 2.75) is 6.61 Å². The fourth-order valence-corrected chi connectivity index (χ4v) is 2.24. The summed E-state index contributed by atoms with van der Waals surface area (Å²) < 4.78 is 0. The van der Waals surface area contributed by atoms with Crippen molar-refractivity contribution in [2.24, 2.45) is 0 Å². The number of aliphatic hydroxyl groups is 1. The van der Waals surface area contributed by atoms with E-state index in [1.165, 1.54) is 0 Å². The lowest BCUT2D eigenvalue weighted by molar-refractivity contribution is 0.0979. The number of benzene rings is 2. The smallest absolute Gasteiger partial charge is 0.450 e. The molecule has 1 aliphatic carbocycles. The maximum Gasteiger partial charge on any atom is 0.503 e. The van der Waals surface area contributed by atoms with E-state index in [1.807, 2.05) is 0 Å². The van der Waals surface area contributed by atoms with Crippen LogP contribution in [0.1, 0.15) is 37.4 Å². The van der Waals surface area contributed by atoms with Gasteiger partial charge in [0, 0.05) is 22.3 Å². The van der Waals surface area contributed by atoms with Gasteiger partial charge >= 0.3 is 6.16 Å². The van der Waals surface area contributed by atoms with Crippen LogP contribution < -0.4 is 0 Å². The summed E-state index contributed by atoms with van der Waals surface area (Å²) in [5, 5.41) is 23.0. The van der Waals surface area contributed by atoms with Crippen LogP contribution in [0.5, 0.6) is 0 Å². The highest BCUT2D eigenvalue weighted by molar-refractivity contribution is 6.28. The van der Waals surface area contributed by atoms with E-state index in [4.69, 9.17) is 20.1 Å². The van der Waals surface area contributed by atoms with E-state index < -0.39 is 6.16 Å². The first-order valence-electron chi connectivity index (χ1n) is 6.29. The molecule has 0 bridgehead atoms. The SMILES string of the molecule is O=C(O)O.O=C1c2ccccc2C(=O)c2cc(CO)ccc21. The van der Waals surface area contributed by atoms with Crippen molar-refractivity contribution >= 4 is 17.7 Å². The highest BCUT2D eigenvalue weighted by atomic mass is 16.6. The highest BCUT2D eigenvalue weighted by Crippen LogP contribution is 2.27. The number of fused-ring (bicyclic) bond motifs is 2. The Balaban J connectivity index is 0.000000396. The molecule has 0 saturated heterocycles. The molecule has 0 fully saturated rings. The Labute approximate surface area is 125 Å². The number of hydrogen-bond donors (Lipinski definition) is 3. The standard InChI is InChI=1S/C15H10O3.CH2O3/c16-8-9-5-6-12-13(7-9)15(18)11-4-2-1-3-10(11)14(12)17;2-1(3)4/h1-7,16H,8H2;(H2,2,3,4). The molecule has 3 rings (SSSR count). The summed E-state index contributed by atoms with van der Waals surface area (Å²) in [5.74, 6) is -0.291. The zero-order valence-corrected chi connectivity index (χ0v) is 11.3. The molecule has 0 radical (unpaired) electrons. The van der Waals surface area contributed by atoms with Crippen molar-refractivity contribution in [1.29, 1.82) is 0 Å². The topological polar surface area (TPSA) is 112 Å². The molecule has 0 heterocycles. The van der Waals surface area contributed by atoms with E-state index >= 15 is 0 Å². The number of carbonyl (C=O) groups is 3. The van der Waals surface area contributed by atoms with Crippen molar-refractivity contribution in [3.8, 4) is 0 Å². The van der Waals surface area contributed by atoms with Gasteiger partial charge in [-0.05, 0) is 17.7 Å². The average Bonchev–Trinajstić information content (AvgIpc) is 2.51. The first kappa shape index (κ1) is 15.4. The zero-order chi connectivity index (χ0) is 16.3. The third kappa shape index (κ3) is 2.87. The molecule has 0 spiro atoms. The Morgan fingerprint density at radius 1 is 0.818 bits per heavy atom. The second kappa shape index (κ2) is 6.19. The Hall–Kier alpha value is -2.99. The van der Waals surface area contributed by atoms with Crippen LogP contribution in [0.2, 0.25) is 0 Å². The lowest BCUT2D eigenvalue weighted by atomic mass is 9.83. The molecule has 6 nitrogen and oxygen atoms in total. The van der Waals surface area contributed by atoms with Crippen molar-refractivity contribution < 1.29 is 29.7 Å². The number of ketones is 2. The summed E-state index contributed by atoms with van der Waals surface area (Å²) in [6.07, 6.45) is -1.83. The molecule has 0 unspecified atom stereocenters. The number of aliphatic hydroxyl groups excluding tert-OH is 1. The quantitative estimate of drug-likeness (QED) is 0.635. The largest absolute Gasteiger partial charge is 0.503 e. The van der Waals surface area contributed by atoms with E-state index in [0.717, 1.165) is 0 Å². The van der Waals surface area contributed by atoms with Gasteiger partial charge in [-0.1, -0.05) is 30.3 Å². The third-order valence-corrected chi connectivity index (χ3v) is 3.17. The second-order valence-corrected chi connectivity index (χ2v) is 4.52. The Kier molecular flexibility index (Phi) is 4.33. The summed E-state index contributed by atoms with van der Waals surface area (Å²) in [7, 11) is 0. The number of carbonyl (C=O) groups excluding carboxylic acids is 2. The van der Waals surface area contributed by atoms with Gasteiger partial charge in [-0.25, -0.2) is 4.79 Å². The van der Waals surface area contributed by atoms with Gasteiger partial charge in [0.05, 0.1) is 6.61 Å². The minimum absolute atomic E-state index is 0.135. The van der Waals surface area contributed by atoms with Crippen LogP contribution in [0.3, 0.4) is 0 Å². The van der Waals surface area contributed by atoms with Crippen LogP contribution in [-0.4, -0.2) is 33.0 Å². The van der Waals surface area contributed by atoms with Gasteiger partial charge in [0.1, 0.15) is 0 Å². The number of hydrogen-bond acceptors (Lipinski definition) is 4. The van der Waals surface area contributed by atoms with Crippen LogP contribution in [0.4, 0.5) is 4.79 Å². The fourth-order valence-electron chi connectivity index (χ4n) is 2.24. The van der Waals surface area contributed by atoms with Crippen LogP contribution >= 0.6 is 0 Å². The highest BCUT2D eigenvalue weighted by Gasteiger charge is 2.29. The van der Waals surface area contributed by atoms with Crippen LogP contribution in [0, 0.1) is 0 Å². The van der Waals surface area contributed by atoms with E-state index in [-0.39, 0.29) is 18.2 Å². The predicted octanol–water partition coefficient (Wildman–Crippen LogP) is 2.18. The zero-order valence-electron chi connectivity index (χ0n) is 11.3. The lowest BCUT2D eigenvalue weighted by Crippen LogP contribution is -2.20. The van der Waals surface area contributed by atoms with Gasteiger partial charge in [0.2, 0.25) is 0 Å². The van der Waals surface area contributed by atoms with Gasteiger partial charge in [0.25, 0.3) is 0 Å². The molecule has 0 amide bonds. The Morgan fingerprint density at radius 2 is 1.27 bits per heavy atom. The minimum Gasteiger partial charge on any atom is -0.450 e. The van der Waals surface area contributed by atoms with E-state index in [2.05, 4.69) is 0 Å². The molecule has 1 aliphatic rings. The lowest BCUT2D eigenvalue weighted by Gasteiger charge is -2.17. The second-order valence-electron chi connectivity index (χ2n) is 4.52. The van der Waals surface area contributed by atoms with E-state index in [9.17, 15) is 9.59 Å². The summed E-state index contributed by atoms with van der Waals surface area (Å²) in [4.78, 5) is 33.1. The van der Waals surface area contributed by atoms with E-state index in [1.54, 1.807) is 42.5 Å². The van der Waals surface area contributed by atoms with Gasteiger partial charge in [-0.2, -0.15) is 0 Å². The molecule has 0 aromatic heterocycles. The van der Waals surface area contributed by atoms with Crippen LogP contribution in [0.25, 0.3) is 0 Å². The van der Waals surface area contributed by atoms with Gasteiger partial charge in [0.15, 0.2) is 11.6 Å². The first-order valence-corrected chi connectivity index (χ1v) is 6.29. The Bertz CT molecular complexity index is 759. The molecule has 2 aromatic carbocycles. The minimum atomic E-state index is -1.83. The van der Waals surface area contributed by atoms with Gasteiger partial charge < -0.3 is 15.3 Å². The fraction of sp³-hybridized carbons (Fsp3) is 0.0625. The molecule has 0 aliphatic heterocycles. The molecule has 0 saturated carbocycles. The van der Waals surface area contributed by atoms with Gasteiger partial charge in [-0.3, -0.25) is 9.59 Å².